The SMILES string of the molecule is Cc1ncc(CNC(=O)C2(c3ccc(Cl)cc3)CCC2)s1. The van der Waals surface area contributed by atoms with E-state index in [9.17, 15) is 4.79 Å². The number of nitrogens with zero attached hydrogens (tertiary/aromatic N) is 1. The summed E-state index contributed by atoms with van der Waals surface area (Å²) in [7, 11) is 0. The van der Waals surface area contributed by atoms with Crippen LogP contribution < -0.4 is 5.32 Å². The zero-order chi connectivity index (χ0) is 14.9. The molecule has 0 unspecified atom stereocenters. The minimum absolute atomic E-state index is 0.113. The van der Waals surface area contributed by atoms with Gasteiger partial charge in [0.05, 0.1) is 17.0 Å². The fraction of sp³-hybridized carbons (Fsp3) is 0.375. The van der Waals surface area contributed by atoms with Gasteiger partial charge in [0, 0.05) is 16.1 Å². The molecule has 1 amide bonds. The zero-order valence-corrected chi connectivity index (χ0v) is 13.4. The van der Waals surface area contributed by atoms with Crippen LogP contribution in [-0.2, 0) is 16.8 Å². The van der Waals surface area contributed by atoms with Crippen LogP contribution in [-0.4, -0.2) is 10.9 Å². The topological polar surface area (TPSA) is 42.0 Å². The monoisotopic (exact) mass is 320 g/mol. The van der Waals surface area contributed by atoms with E-state index in [0.717, 1.165) is 34.7 Å². The Kier molecular flexibility index (Phi) is 4.00. The molecule has 3 nitrogen and oxygen atoms in total. The van der Waals surface area contributed by atoms with E-state index in [2.05, 4.69) is 10.3 Å². The van der Waals surface area contributed by atoms with Crippen LogP contribution in [0.2, 0.25) is 5.02 Å². The summed E-state index contributed by atoms with van der Waals surface area (Å²) < 4.78 is 0. The van der Waals surface area contributed by atoms with Gasteiger partial charge in [0.15, 0.2) is 0 Å². The van der Waals surface area contributed by atoms with E-state index in [-0.39, 0.29) is 11.3 Å². The molecule has 3 rings (SSSR count). The maximum absolute atomic E-state index is 12.7. The van der Waals surface area contributed by atoms with Crippen LogP contribution in [0.4, 0.5) is 0 Å². The maximum atomic E-state index is 12.7. The number of halogens is 1. The average molecular weight is 321 g/mol. The molecule has 1 N–H and O–H groups in total. The van der Waals surface area contributed by atoms with Crippen molar-refractivity contribution in [2.75, 3.05) is 0 Å². The highest BCUT2D eigenvalue weighted by Crippen LogP contribution is 2.44. The number of rotatable bonds is 4. The van der Waals surface area contributed by atoms with E-state index in [1.807, 2.05) is 37.4 Å². The summed E-state index contributed by atoms with van der Waals surface area (Å²) in [5.74, 6) is 0.113. The number of aromatic nitrogens is 1. The van der Waals surface area contributed by atoms with Crippen LogP contribution in [0, 0.1) is 6.92 Å². The fourth-order valence-corrected chi connectivity index (χ4v) is 3.63. The van der Waals surface area contributed by atoms with Gasteiger partial charge >= 0.3 is 0 Å². The van der Waals surface area contributed by atoms with Crippen molar-refractivity contribution in [3.8, 4) is 0 Å². The summed E-state index contributed by atoms with van der Waals surface area (Å²) in [6, 6.07) is 7.66. The van der Waals surface area contributed by atoms with Gasteiger partial charge in [-0.2, -0.15) is 0 Å². The minimum Gasteiger partial charge on any atom is -0.350 e. The molecular weight excluding hydrogens is 304 g/mol. The van der Waals surface area contributed by atoms with Crippen molar-refractivity contribution in [1.82, 2.24) is 10.3 Å². The lowest BCUT2D eigenvalue weighted by Crippen LogP contribution is -2.48. The summed E-state index contributed by atoms with van der Waals surface area (Å²) in [4.78, 5) is 18.0. The van der Waals surface area contributed by atoms with Gasteiger partial charge in [0.1, 0.15) is 0 Å². The van der Waals surface area contributed by atoms with Crippen molar-refractivity contribution in [3.63, 3.8) is 0 Å². The van der Waals surface area contributed by atoms with Gasteiger partial charge in [-0.3, -0.25) is 4.79 Å². The number of aryl methyl sites for hydroxylation is 1. The molecular formula is C16H17ClN2OS. The van der Waals surface area contributed by atoms with Crippen molar-refractivity contribution >= 4 is 28.8 Å². The number of amides is 1. The van der Waals surface area contributed by atoms with Crippen LogP contribution in [0.3, 0.4) is 0 Å². The molecule has 1 aliphatic carbocycles. The molecule has 1 aromatic heterocycles. The molecule has 2 aromatic rings. The molecule has 0 radical (unpaired) electrons. The van der Waals surface area contributed by atoms with E-state index in [4.69, 9.17) is 11.6 Å². The predicted octanol–water partition coefficient (Wildman–Crippen LogP) is 3.84. The van der Waals surface area contributed by atoms with Gasteiger partial charge < -0.3 is 5.32 Å². The highest BCUT2D eigenvalue weighted by atomic mass is 35.5. The lowest BCUT2D eigenvalue weighted by atomic mass is 9.64. The fourth-order valence-electron chi connectivity index (χ4n) is 2.77. The first-order chi connectivity index (χ1) is 10.1. The number of hydrogen-bond donors (Lipinski definition) is 1. The predicted molar refractivity (Wildman–Crippen MR) is 85.7 cm³/mol. The third-order valence-electron chi connectivity index (χ3n) is 4.13. The van der Waals surface area contributed by atoms with Crippen molar-refractivity contribution in [3.05, 3.63) is 50.9 Å². The van der Waals surface area contributed by atoms with E-state index in [1.165, 1.54) is 0 Å². The van der Waals surface area contributed by atoms with Gasteiger partial charge in [0.25, 0.3) is 0 Å². The molecule has 1 aliphatic rings. The summed E-state index contributed by atoms with van der Waals surface area (Å²) in [5, 5.41) is 4.79. The van der Waals surface area contributed by atoms with E-state index < -0.39 is 0 Å². The highest BCUT2D eigenvalue weighted by Gasteiger charge is 2.45. The lowest BCUT2D eigenvalue weighted by molar-refractivity contribution is -0.130. The number of thiazole rings is 1. The summed E-state index contributed by atoms with van der Waals surface area (Å²) >= 11 is 7.56. The van der Waals surface area contributed by atoms with Crippen LogP contribution in [0.5, 0.6) is 0 Å². The zero-order valence-electron chi connectivity index (χ0n) is 11.9. The standard InChI is InChI=1S/C16H17ClN2OS/c1-11-18-9-14(21-11)10-19-15(20)16(7-2-8-16)12-3-5-13(17)6-4-12/h3-6,9H,2,7-8,10H2,1H3,(H,19,20). The van der Waals surface area contributed by atoms with Gasteiger partial charge in [-0.25, -0.2) is 4.98 Å². The van der Waals surface area contributed by atoms with Gasteiger partial charge in [-0.1, -0.05) is 30.2 Å². The second-order valence-corrected chi connectivity index (χ2v) is 7.23. The molecule has 0 aliphatic heterocycles. The Hall–Kier alpha value is -1.39. The molecule has 1 saturated carbocycles. The first kappa shape index (κ1) is 14.5. The molecule has 1 fully saturated rings. The molecule has 0 atom stereocenters. The van der Waals surface area contributed by atoms with Crippen LogP contribution in [0.1, 0.15) is 34.7 Å². The van der Waals surface area contributed by atoms with E-state index in [1.54, 1.807) is 11.3 Å². The number of hydrogen-bond acceptors (Lipinski definition) is 3. The van der Waals surface area contributed by atoms with Crippen LogP contribution in [0.15, 0.2) is 30.5 Å². The van der Waals surface area contributed by atoms with Gasteiger partial charge in [0.2, 0.25) is 5.91 Å². The molecule has 5 heteroatoms. The van der Waals surface area contributed by atoms with Gasteiger partial charge in [-0.05, 0) is 37.5 Å². The number of benzene rings is 1. The summed E-state index contributed by atoms with van der Waals surface area (Å²) in [6.07, 6.45) is 4.73. The largest absolute Gasteiger partial charge is 0.350 e. The molecule has 21 heavy (non-hydrogen) atoms. The summed E-state index contributed by atoms with van der Waals surface area (Å²) in [6.45, 7) is 2.52. The number of carbonyl (C=O) groups is 1. The Morgan fingerprint density at radius 2 is 2.10 bits per heavy atom. The van der Waals surface area contributed by atoms with E-state index >= 15 is 0 Å². The van der Waals surface area contributed by atoms with Crippen molar-refractivity contribution < 1.29 is 4.79 Å². The maximum Gasteiger partial charge on any atom is 0.230 e. The average Bonchev–Trinajstić information content (AvgIpc) is 2.83. The highest BCUT2D eigenvalue weighted by molar-refractivity contribution is 7.11. The third kappa shape index (κ3) is 2.83. The molecule has 0 bridgehead atoms. The van der Waals surface area contributed by atoms with Crippen molar-refractivity contribution in [2.24, 2.45) is 0 Å². The molecule has 0 spiro atoms. The van der Waals surface area contributed by atoms with Crippen molar-refractivity contribution in [1.29, 1.82) is 0 Å². The van der Waals surface area contributed by atoms with Crippen LogP contribution >= 0.6 is 22.9 Å². The van der Waals surface area contributed by atoms with Crippen molar-refractivity contribution in [2.45, 2.75) is 38.1 Å². The Balaban J connectivity index is 1.73. The first-order valence-electron chi connectivity index (χ1n) is 7.06. The van der Waals surface area contributed by atoms with Gasteiger partial charge in [-0.15, -0.1) is 11.3 Å². The third-order valence-corrected chi connectivity index (χ3v) is 5.30. The smallest absolute Gasteiger partial charge is 0.230 e. The Labute approximate surface area is 133 Å². The van der Waals surface area contributed by atoms with E-state index in [0.29, 0.717) is 11.6 Å². The Morgan fingerprint density at radius 1 is 1.38 bits per heavy atom. The Bertz CT molecular complexity index is 647. The number of carbonyl (C=O) groups excluding carboxylic acids is 1. The first-order valence-corrected chi connectivity index (χ1v) is 8.25. The molecule has 1 aromatic carbocycles. The Morgan fingerprint density at radius 3 is 2.62 bits per heavy atom. The molecule has 0 saturated heterocycles. The lowest BCUT2D eigenvalue weighted by Gasteiger charge is -2.40. The normalized spacial score (nSPS) is 16.3. The van der Waals surface area contributed by atoms with Crippen LogP contribution in [0.25, 0.3) is 0 Å². The second kappa shape index (κ2) is 5.78. The second-order valence-electron chi connectivity index (χ2n) is 5.47. The minimum atomic E-state index is -0.371. The molecule has 1 heterocycles. The number of nitrogens with one attached hydrogen (secondary N) is 1. The quantitative estimate of drug-likeness (QED) is 0.930. The molecule has 110 valence electrons. The summed E-state index contributed by atoms with van der Waals surface area (Å²) in [5.41, 5.74) is 0.695.